The average molecular weight is 286 g/mol. The highest BCUT2D eigenvalue weighted by Gasteiger charge is 2.12. The minimum Gasteiger partial charge on any atom is -0.494 e. The van der Waals surface area contributed by atoms with Crippen LogP contribution in [0, 0.1) is 0 Å². The SMILES string of the molecule is COc1cccnc1-c1cscc1NCc1cnc[nH]1. The second-order valence-corrected chi connectivity index (χ2v) is 4.93. The lowest BCUT2D eigenvalue weighted by atomic mass is 10.1. The zero-order valence-corrected chi connectivity index (χ0v) is 11.8. The third kappa shape index (κ3) is 2.50. The fraction of sp³-hybridized carbons (Fsp3) is 0.143. The van der Waals surface area contributed by atoms with Crippen molar-refractivity contribution < 1.29 is 4.74 Å². The van der Waals surface area contributed by atoms with Gasteiger partial charge in [-0.2, -0.15) is 0 Å². The molecule has 0 amide bonds. The standard InChI is InChI=1S/C14H14N4OS/c1-19-13-3-2-4-16-14(13)11-7-20-8-12(11)17-6-10-5-15-9-18-10/h2-5,7-9,17H,6H2,1H3,(H,15,18). The van der Waals surface area contributed by atoms with Crippen molar-refractivity contribution in [3.8, 4) is 17.0 Å². The fourth-order valence-corrected chi connectivity index (χ4v) is 2.74. The van der Waals surface area contributed by atoms with Gasteiger partial charge in [-0.15, -0.1) is 11.3 Å². The van der Waals surface area contributed by atoms with E-state index in [-0.39, 0.29) is 0 Å². The van der Waals surface area contributed by atoms with E-state index >= 15 is 0 Å². The highest BCUT2D eigenvalue weighted by atomic mass is 32.1. The first-order valence-electron chi connectivity index (χ1n) is 6.15. The number of pyridine rings is 1. The lowest BCUT2D eigenvalue weighted by molar-refractivity contribution is 0.415. The molecule has 3 aromatic rings. The normalized spacial score (nSPS) is 10.4. The van der Waals surface area contributed by atoms with Gasteiger partial charge in [0.25, 0.3) is 0 Å². The van der Waals surface area contributed by atoms with E-state index in [0.717, 1.165) is 28.4 Å². The van der Waals surface area contributed by atoms with Gasteiger partial charge in [-0.05, 0) is 12.1 Å². The quantitative estimate of drug-likeness (QED) is 0.756. The maximum atomic E-state index is 5.37. The zero-order chi connectivity index (χ0) is 13.8. The highest BCUT2D eigenvalue weighted by Crippen LogP contribution is 2.35. The number of methoxy groups -OCH3 is 1. The van der Waals surface area contributed by atoms with Crippen LogP contribution in [0.1, 0.15) is 5.69 Å². The predicted molar refractivity (Wildman–Crippen MR) is 80.0 cm³/mol. The van der Waals surface area contributed by atoms with Crippen molar-refractivity contribution in [3.63, 3.8) is 0 Å². The first kappa shape index (κ1) is 12.7. The topological polar surface area (TPSA) is 62.8 Å². The molecule has 0 aliphatic rings. The Bertz CT molecular complexity index is 678. The minimum absolute atomic E-state index is 0.693. The molecule has 0 aliphatic heterocycles. The number of aromatic amines is 1. The van der Waals surface area contributed by atoms with Crippen LogP contribution in [0.4, 0.5) is 5.69 Å². The Kier molecular flexibility index (Phi) is 3.64. The number of rotatable bonds is 5. The third-order valence-corrected chi connectivity index (χ3v) is 3.68. The summed E-state index contributed by atoms with van der Waals surface area (Å²) in [4.78, 5) is 11.5. The number of aromatic nitrogens is 3. The van der Waals surface area contributed by atoms with Crippen LogP contribution in [0.5, 0.6) is 5.75 Å². The molecule has 2 N–H and O–H groups in total. The Morgan fingerprint density at radius 3 is 3.15 bits per heavy atom. The Morgan fingerprint density at radius 1 is 1.40 bits per heavy atom. The number of imidazole rings is 1. The molecule has 20 heavy (non-hydrogen) atoms. The van der Waals surface area contributed by atoms with E-state index in [9.17, 15) is 0 Å². The van der Waals surface area contributed by atoms with Crippen molar-refractivity contribution >= 4 is 17.0 Å². The van der Waals surface area contributed by atoms with Gasteiger partial charge in [-0.25, -0.2) is 4.98 Å². The second kappa shape index (κ2) is 5.75. The summed E-state index contributed by atoms with van der Waals surface area (Å²) in [6.07, 6.45) is 5.25. The van der Waals surface area contributed by atoms with Gasteiger partial charge >= 0.3 is 0 Å². The molecule has 0 aliphatic carbocycles. The molecule has 0 atom stereocenters. The molecule has 102 valence electrons. The molecule has 5 nitrogen and oxygen atoms in total. The number of hydrogen-bond donors (Lipinski definition) is 2. The zero-order valence-electron chi connectivity index (χ0n) is 11.0. The molecular weight excluding hydrogens is 272 g/mol. The predicted octanol–water partition coefficient (Wildman–Crippen LogP) is 3.15. The van der Waals surface area contributed by atoms with Crippen molar-refractivity contribution in [2.45, 2.75) is 6.54 Å². The molecule has 3 heterocycles. The molecular formula is C14H14N4OS. The summed E-state index contributed by atoms with van der Waals surface area (Å²) in [5.74, 6) is 0.774. The van der Waals surface area contributed by atoms with Crippen molar-refractivity contribution in [1.29, 1.82) is 0 Å². The van der Waals surface area contributed by atoms with E-state index in [2.05, 4.69) is 31.0 Å². The van der Waals surface area contributed by atoms with Gasteiger partial charge in [0.1, 0.15) is 11.4 Å². The van der Waals surface area contributed by atoms with Gasteiger partial charge in [-0.3, -0.25) is 4.98 Å². The Hall–Kier alpha value is -2.34. The molecule has 0 unspecified atom stereocenters. The largest absolute Gasteiger partial charge is 0.494 e. The van der Waals surface area contributed by atoms with Crippen LogP contribution >= 0.6 is 11.3 Å². The Balaban J connectivity index is 1.86. The number of hydrogen-bond acceptors (Lipinski definition) is 5. The lowest BCUT2D eigenvalue weighted by Crippen LogP contribution is -2.00. The van der Waals surface area contributed by atoms with E-state index < -0.39 is 0 Å². The summed E-state index contributed by atoms with van der Waals surface area (Å²) < 4.78 is 5.37. The van der Waals surface area contributed by atoms with Crippen LogP contribution < -0.4 is 10.1 Å². The van der Waals surface area contributed by atoms with Crippen LogP contribution in [-0.4, -0.2) is 22.1 Å². The first-order valence-corrected chi connectivity index (χ1v) is 7.09. The summed E-state index contributed by atoms with van der Waals surface area (Å²) in [6, 6.07) is 3.78. The van der Waals surface area contributed by atoms with Gasteiger partial charge in [0.15, 0.2) is 0 Å². The van der Waals surface area contributed by atoms with E-state index in [4.69, 9.17) is 4.74 Å². The second-order valence-electron chi connectivity index (χ2n) is 4.18. The maximum absolute atomic E-state index is 5.37. The Labute approximate surface area is 120 Å². The summed E-state index contributed by atoms with van der Waals surface area (Å²) in [5, 5.41) is 7.53. The molecule has 0 aromatic carbocycles. The number of ether oxygens (including phenoxy) is 1. The summed E-state index contributed by atoms with van der Waals surface area (Å²) in [5.41, 5.74) is 3.98. The number of nitrogens with one attached hydrogen (secondary N) is 2. The maximum Gasteiger partial charge on any atom is 0.145 e. The van der Waals surface area contributed by atoms with Crippen LogP contribution in [0.25, 0.3) is 11.3 Å². The molecule has 0 fully saturated rings. The van der Waals surface area contributed by atoms with Crippen molar-refractivity contribution in [2.75, 3.05) is 12.4 Å². The van der Waals surface area contributed by atoms with E-state index in [0.29, 0.717) is 6.54 Å². The smallest absolute Gasteiger partial charge is 0.145 e. The van der Waals surface area contributed by atoms with Crippen LogP contribution in [0.15, 0.2) is 41.6 Å². The van der Waals surface area contributed by atoms with E-state index in [1.165, 1.54) is 0 Å². The number of nitrogens with zero attached hydrogens (tertiary/aromatic N) is 2. The van der Waals surface area contributed by atoms with Crippen LogP contribution in [0.3, 0.4) is 0 Å². The molecule has 0 spiro atoms. The van der Waals surface area contributed by atoms with E-state index in [1.54, 1.807) is 37.2 Å². The monoisotopic (exact) mass is 286 g/mol. The third-order valence-electron chi connectivity index (χ3n) is 2.93. The number of thiophene rings is 1. The molecule has 0 saturated heterocycles. The number of H-pyrrole nitrogens is 1. The average Bonchev–Trinajstić information content (AvgIpc) is 3.16. The minimum atomic E-state index is 0.693. The lowest BCUT2D eigenvalue weighted by Gasteiger charge is -2.09. The van der Waals surface area contributed by atoms with Crippen molar-refractivity contribution in [3.05, 3.63) is 47.3 Å². The molecule has 3 rings (SSSR count). The molecule has 0 bridgehead atoms. The molecule has 6 heteroatoms. The molecule has 0 saturated carbocycles. The van der Waals surface area contributed by atoms with Crippen LogP contribution in [-0.2, 0) is 6.54 Å². The Morgan fingerprint density at radius 2 is 2.35 bits per heavy atom. The van der Waals surface area contributed by atoms with Crippen LogP contribution in [0.2, 0.25) is 0 Å². The van der Waals surface area contributed by atoms with Crippen molar-refractivity contribution in [2.24, 2.45) is 0 Å². The molecule has 0 radical (unpaired) electrons. The summed E-state index contributed by atoms with van der Waals surface area (Å²) >= 11 is 1.63. The molecule has 3 aromatic heterocycles. The van der Waals surface area contributed by atoms with Gasteiger partial charge in [0, 0.05) is 28.7 Å². The highest BCUT2D eigenvalue weighted by molar-refractivity contribution is 7.08. The summed E-state index contributed by atoms with van der Waals surface area (Å²) in [6.45, 7) is 0.693. The summed E-state index contributed by atoms with van der Waals surface area (Å²) in [7, 11) is 1.66. The first-order chi connectivity index (χ1) is 9.88. The fourth-order valence-electron chi connectivity index (χ4n) is 1.95. The van der Waals surface area contributed by atoms with Gasteiger partial charge < -0.3 is 15.0 Å². The van der Waals surface area contributed by atoms with Gasteiger partial charge in [0.05, 0.1) is 31.4 Å². The van der Waals surface area contributed by atoms with Gasteiger partial charge in [-0.1, -0.05) is 0 Å². The van der Waals surface area contributed by atoms with Gasteiger partial charge in [0.2, 0.25) is 0 Å². The van der Waals surface area contributed by atoms with E-state index in [1.807, 2.05) is 12.1 Å². The number of anilines is 1. The van der Waals surface area contributed by atoms with Crippen molar-refractivity contribution in [1.82, 2.24) is 15.0 Å².